The van der Waals surface area contributed by atoms with E-state index in [2.05, 4.69) is 11.9 Å². The molecule has 0 radical (unpaired) electrons. The van der Waals surface area contributed by atoms with Gasteiger partial charge in [0.25, 0.3) is 0 Å². The van der Waals surface area contributed by atoms with Gasteiger partial charge in [0.15, 0.2) is 5.78 Å². The Hall–Kier alpha value is -1.46. The maximum atomic E-state index is 13.3. The van der Waals surface area contributed by atoms with Crippen LogP contribution in [-0.4, -0.2) is 62.5 Å². The van der Waals surface area contributed by atoms with Crippen molar-refractivity contribution in [2.75, 3.05) is 40.8 Å². The first-order valence-electron chi connectivity index (χ1n) is 7.26. The third-order valence-electron chi connectivity index (χ3n) is 4.07. The zero-order chi connectivity index (χ0) is 15.4. The van der Waals surface area contributed by atoms with Crippen LogP contribution in [0.1, 0.15) is 23.2 Å². The third kappa shape index (κ3) is 4.02. The third-order valence-corrected chi connectivity index (χ3v) is 4.07. The Bertz CT molecular complexity index is 507. The minimum atomic E-state index is -0.419. The van der Waals surface area contributed by atoms with Crippen molar-refractivity contribution in [2.45, 2.75) is 18.9 Å². The first-order valence-corrected chi connectivity index (χ1v) is 7.26. The molecule has 2 rings (SSSR count). The highest BCUT2D eigenvalue weighted by Crippen LogP contribution is 2.21. The molecule has 0 bridgehead atoms. The second-order valence-corrected chi connectivity index (χ2v) is 5.74. The molecule has 116 valence electrons. The summed E-state index contributed by atoms with van der Waals surface area (Å²) in [7, 11) is 5.53. The average Bonchev–Trinajstić information content (AvgIpc) is 2.84. The smallest absolute Gasteiger partial charge is 0.180 e. The van der Waals surface area contributed by atoms with E-state index in [1.54, 1.807) is 0 Å². The van der Waals surface area contributed by atoms with Crippen LogP contribution in [0.5, 0.6) is 5.75 Å². The maximum absolute atomic E-state index is 13.3. The molecule has 0 saturated carbocycles. The van der Waals surface area contributed by atoms with Gasteiger partial charge in [-0.3, -0.25) is 9.69 Å². The predicted octanol–water partition coefficient (Wildman–Crippen LogP) is 2.04. The van der Waals surface area contributed by atoms with Crippen molar-refractivity contribution in [2.24, 2.45) is 0 Å². The lowest BCUT2D eigenvalue weighted by Gasteiger charge is -2.25. The van der Waals surface area contributed by atoms with Crippen molar-refractivity contribution in [1.82, 2.24) is 9.80 Å². The zero-order valence-corrected chi connectivity index (χ0v) is 12.9. The first-order chi connectivity index (χ1) is 10.0. The number of rotatable bonds is 6. The summed E-state index contributed by atoms with van der Waals surface area (Å²) in [5, 5.41) is 0. The van der Waals surface area contributed by atoms with Gasteiger partial charge < -0.3 is 9.64 Å². The largest absolute Gasteiger partial charge is 0.496 e. The van der Waals surface area contributed by atoms with Crippen molar-refractivity contribution >= 4 is 5.78 Å². The molecular weight excluding hydrogens is 271 g/mol. The van der Waals surface area contributed by atoms with E-state index in [9.17, 15) is 9.18 Å². The van der Waals surface area contributed by atoms with Gasteiger partial charge in [-0.25, -0.2) is 4.39 Å². The number of carbonyl (C=O) groups excluding carboxylic acids is 1. The van der Waals surface area contributed by atoms with Crippen LogP contribution in [-0.2, 0) is 0 Å². The van der Waals surface area contributed by atoms with Gasteiger partial charge >= 0.3 is 0 Å². The summed E-state index contributed by atoms with van der Waals surface area (Å²) in [6.45, 7) is 2.23. The molecule has 1 aromatic carbocycles. The maximum Gasteiger partial charge on any atom is 0.180 e. The van der Waals surface area contributed by atoms with Crippen LogP contribution in [0.2, 0.25) is 0 Å². The van der Waals surface area contributed by atoms with E-state index in [4.69, 9.17) is 4.74 Å². The van der Waals surface area contributed by atoms with E-state index in [0.29, 0.717) is 17.4 Å². The molecule has 0 amide bonds. The summed E-state index contributed by atoms with van der Waals surface area (Å²) in [4.78, 5) is 16.7. The number of carbonyl (C=O) groups is 1. The van der Waals surface area contributed by atoms with E-state index in [-0.39, 0.29) is 12.3 Å². The van der Waals surface area contributed by atoms with Gasteiger partial charge in [0.1, 0.15) is 11.6 Å². The van der Waals surface area contributed by atoms with E-state index in [1.165, 1.54) is 31.7 Å². The lowest BCUT2D eigenvalue weighted by Crippen LogP contribution is -2.38. The number of benzene rings is 1. The van der Waals surface area contributed by atoms with Crippen molar-refractivity contribution in [3.63, 3.8) is 0 Å². The highest BCUT2D eigenvalue weighted by Gasteiger charge is 2.23. The Balaban J connectivity index is 1.99. The van der Waals surface area contributed by atoms with Crippen LogP contribution in [0.4, 0.5) is 4.39 Å². The molecule has 4 nitrogen and oxygen atoms in total. The number of ether oxygens (including phenoxy) is 1. The van der Waals surface area contributed by atoms with Gasteiger partial charge in [-0.2, -0.15) is 0 Å². The molecule has 5 heteroatoms. The zero-order valence-electron chi connectivity index (χ0n) is 12.9. The molecule has 1 aliphatic heterocycles. The Kier molecular flexibility index (Phi) is 5.31. The molecule has 1 saturated heterocycles. The predicted molar refractivity (Wildman–Crippen MR) is 80.4 cm³/mol. The van der Waals surface area contributed by atoms with Crippen molar-refractivity contribution < 1.29 is 13.9 Å². The van der Waals surface area contributed by atoms with E-state index < -0.39 is 5.82 Å². The van der Waals surface area contributed by atoms with Gasteiger partial charge in [0.05, 0.1) is 19.2 Å². The molecule has 1 aromatic rings. The average molecular weight is 294 g/mol. The Morgan fingerprint density at radius 2 is 2.29 bits per heavy atom. The van der Waals surface area contributed by atoms with Crippen molar-refractivity contribution in [3.8, 4) is 5.75 Å². The first kappa shape index (κ1) is 15.9. The van der Waals surface area contributed by atoms with Gasteiger partial charge in [-0.05, 0) is 51.7 Å². The molecular formula is C16H23FN2O2. The normalized spacial score (nSPS) is 19.2. The molecule has 0 aromatic heterocycles. The van der Waals surface area contributed by atoms with Crippen molar-refractivity contribution in [1.29, 1.82) is 0 Å². The Morgan fingerprint density at radius 1 is 1.52 bits per heavy atom. The number of likely N-dealkylation sites (N-methyl/N-ethyl adjacent to an activating group) is 2. The number of likely N-dealkylation sites (tertiary alicyclic amines) is 1. The molecule has 1 aliphatic rings. The summed E-state index contributed by atoms with van der Waals surface area (Å²) in [5.74, 6) is -0.111. The van der Waals surface area contributed by atoms with Crippen LogP contribution in [0.15, 0.2) is 18.2 Å². The molecule has 21 heavy (non-hydrogen) atoms. The highest BCUT2D eigenvalue weighted by molar-refractivity contribution is 6.00. The number of ketones is 1. The second-order valence-electron chi connectivity index (χ2n) is 5.74. The molecule has 0 spiro atoms. The van der Waals surface area contributed by atoms with Crippen LogP contribution >= 0.6 is 0 Å². The van der Waals surface area contributed by atoms with E-state index in [0.717, 1.165) is 19.5 Å². The van der Waals surface area contributed by atoms with E-state index >= 15 is 0 Å². The second kappa shape index (κ2) is 7.00. The minimum Gasteiger partial charge on any atom is -0.496 e. The molecule has 1 atom stereocenters. The van der Waals surface area contributed by atoms with Crippen LogP contribution < -0.4 is 4.74 Å². The van der Waals surface area contributed by atoms with Crippen LogP contribution in [0.25, 0.3) is 0 Å². The van der Waals surface area contributed by atoms with Crippen LogP contribution in [0.3, 0.4) is 0 Å². The molecule has 0 aliphatic carbocycles. The molecule has 1 heterocycles. The minimum absolute atomic E-state index is 0.116. The van der Waals surface area contributed by atoms with Crippen LogP contribution in [0, 0.1) is 5.82 Å². The Labute approximate surface area is 125 Å². The Morgan fingerprint density at radius 3 is 2.90 bits per heavy atom. The molecule has 0 N–H and O–H groups in total. The SMILES string of the molecule is COc1ccc(F)cc1C(=O)CN(C)CC1CCCN1C. The number of nitrogens with zero attached hydrogens (tertiary/aromatic N) is 2. The fraction of sp³-hybridized carbons (Fsp3) is 0.562. The fourth-order valence-corrected chi connectivity index (χ4v) is 2.86. The molecule has 1 unspecified atom stereocenters. The number of hydrogen-bond acceptors (Lipinski definition) is 4. The fourth-order valence-electron chi connectivity index (χ4n) is 2.86. The lowest BCUT2D eigenvalue weighted by atomic mass is 10.1. The summed E-state index contributed by atoms with van der Waals surface area (Å²) in [6.07, 6.45) is 2.37. The number of Topliss-reactive ketones (excluding diaryl/α,β-unsaturated/α-hetero) is 1. The van der Waals surface area contributed by atoms with Crippen molar-refractivity contribution in [3.05, 3.63) is 29.6 Å². The summed E-state index contributed by atoms with van der Waals surface area (Å²) < 4.78 is 18.5. The monoisotopic (exact) mass is 294 g/mol. The topological polar surface area (TPSA) is 32.8 Å². The summed E-state index contributed by atoms with van der Waals surface area (Å²) >= 11 is 0. The van der Waals surface area contributed by atoms with E-state index in [1.807, 2.05) is 11.9 Å². The number of halogens is 1. The van der Waals surface area contributed by atoms with Gasteiger partial charge in [-0.15, -0.1) is 0 Å². The highest BCUT2D eigenvalue weighted by atomic mass is 19.1. The standard InChI is InChI=1S/C16H23FN2O2/c1-18(10-13-5-4-8-19(13)2)11-15(20)14-9-12(17)6-7-16(14)21-3/h6-7,9,13H,4-5,8,10-11H2,1-3H3. The van der Waals surface area contributed by atoms with Gasteiger partial charge in [0.2, 0.25) is 0 Å². The quantitative estimate of drug-likeness (QED) is 0.752. The van der Waals surface area contributed by atoms with Gasteiger partial charge in [0, 0.05) is 12.6 Å². The van der Waals surface area contributed by atoms with Gasteiger partial charge in [-0.1, -0.05) is 0 Å². The number of hydrogen-bond donors (Lipinski definition) is 0. The lowest BCUT2D eigenvalue weighted by molar-refractivity contribution is 0.0929. The summed E-state index contributed by atoms with van der Waals surface area (Å²) in [5.41, 5.74) is 0.309. The number of methoxy groups -OCH3 is 1. The summed E-state index contributed by atoms with van der Waals surface area (Å²) in [6, 6.07) is 4.54. The molecule has 1 fully saturated rings.